The van der Waals surface area contributed by atoms with Crippen LogP contribution >= 0.6 is 11.3 Å². The second-order valence-electron chi connectivity index (χ2n) is 6.30. The predicted molar refractivity (Wildman–Crippen MR) is 98.0 cm³/mol. The Hall–Kier alpha value is -2.25. The Balaban J connectivity index is 1.75. The smallest absolute Gasteiger partial charge is 0.326 e. The molecule has 1 aromatic carbocycles. The summed E-state index contributed by atoms with van der Waals surface area (Å²) < 4.78 is 5.52. The molecule has 1 amide bonds. The molecule has 1 aliphatic heterocycles. The van der Waals surface area contributed by atoms with Crippen molar-refractivity contribution in [3.63, 3.8) is 0 Å². The molecule has 3 rings (SSSR count). The summed E-state index contributed by atoms with van der Waals surface area (Å²) in [6, 6.07) is 6.83. The molecule has 26 heavy (non-hydrogen) atoms. The van der Waals surface area contributed by atoms with Crippen molar-refractivity contribution in [2.45, 2.75) is 45.4 Å². The van der Waals surface area contributed by atoms with Crippen LogP contribution in [0.3, 0.4) is 0 Å². The van der Waals surface area contributed by atoms with E-state index in [2.05, 4.69) is 4.98 Å². The number of carboxylic acids is 1. The Kier molecular flexibility index (Phi) is 5.68. The average Bonchev–Trinajstić information content (AvgIpc) is 3.09. The number of aliphatic carboxylic acids is 1. The molecule has 0 saturated carbocycles. The van der Waals surface area contributed by atoms with Gasteiger partial charge in [-0.3, -0.25) is 4.79 Å². The summed E-state index contributed by atoms with van der Waals surface area (Å²) in [6.07, 6.45) is 0.324. The topological polar surface area (TPSA) is 79.7 Å². The van der Waals surface area contributed by atoms with Gasteiger partial charge in [-0.25, -0.2) is 9.78 Å². The van der Waals surface area contributed by atoms with Gasteiger partial charge in [0.15, 0.2) is 0 Å². The summed E-state index contributed by atoms with van der Waals surface area (Å²) >= 11 is 1.46. The van der Waals surface area contributed by atoms with Gasteiger partial charge in [-0.2, -0.15) is 0 Å². The number of aromatic nitrogens is 1. The summed E-state index contributed by atoms with van der Waals surface area (Å²) in [6.45, 7) is 4.77. The van der Waals surface area contributed by atoms with Gasteiger partial charge in [0.05, 0.1) is 12.1 Å². The van der Waals surface area contributed by atoms with Crippen LogP contribution in [0.15, 0.2) is 29.6 Å². The van der Waals surface area contributed by atoms with Crippen molar-refractivity contribution in [1.29, 1.82) is 0 Å². The van der Waals surface area contributed by atoms with E-state index >= 15 is 0 Å². The Labute approximate surface area is 156 Å². The molecule has 0 radical (unpaired) electrons. The molecule has 0 aliphatic carbocycles. The van der Waals surface area contributed by atoms with Crippen LogP contribution in [0.25, 0.3) is 0 Å². The number of amides is 1. The fraction of sp³-hybridized carbons (Fsp3) is 0.421. The fourth-order valence-corrected chi connectivity index (χ4v) is 4.00. The van der Waals surface area contributed by atoms with Crippen molar-refractivity contribution in [3.05, 3.63) is 51.5 Å². The molecule has 0 unspecified atom stereocenters. The third-order valence-electron chi connectivity index (χ3n) is 4.52. The molecule has 0 saturated heterocycles. The first kappa shape index (κ1) is 18.5. The molecular formula is C19H22N2O4S. The minimum absolute atomic E-state index is 0.0985. The Morgan fingerprint density at radius 3 is 2.81 bits per heavy atom. The first-order valence-electron chi connectivity index (χ1n) is 8.64. The fourth-order valence-electron chi connectivity index (χ4n) is 3.17. The van der Waals surface area contributed by atoms with Crippen LogP contribution < -0.4 is 0 Å². The Morgan fingerprint density at radius 2 is 2.12 bits per heavy atom. The highest BCUT2D eigenvalue weighted by Crippen LogP contribution is 2.25. The second kappa shape index (κ2) is 7.97. The highest BCUT2D eigenvalue weighted by atomic mass is 32.1. The summed E-state index contributed by atoms with van der Waals surface area (Å²) in [5.41, 5.74) is 2.65. The van der Waals surface area contributed by atoms with E-state index in [9.17, 15) is 14.7 Å². The van der Waals surface area contributed by atoms with Gasteiger partial charge in [0.1, 0.15) is 17.2 Å². The van der Waals surface area contributed by atoms with Crippen molar-refractivity contribution in [2.75, 3.05) is 6.61 Å². The minimum atomic E-state index is -0.975. The lowest BCUT2D eigenvalue weighted by molar-refractivity contribution is -0.151. The van der Waals surface area contributed by atoms with Crippen LogP contribution in [0.2, 0.25) is 0 Å². The number of fused-ring (bicyclic) bond motifs is 1. The maximum Gasteiger partial charge on any atom is 0.326 e. The molecule has 2 heterocycles. The van der Waals surface area contributed by atoms with Crippen molar-refractivity contribution in [3.8, 4) is 0 Å². The lowest BCUT2D eigenvalue weighted by Gasteiger charge is -2.34. The SMILES string of the molecule is CCO[C@H](C)c1nc(CC(=O)N2Cc3ccccc3C[C@@H]2C(=O)O)cs1. The van der Waals surface area contributed by atoms with Crippen LogP contribution in [0.5, 0.6) is 0 Å². The van der Waals surface area contributed by atoms with Crippen LogP contribution in [0, 0.1) is 0 Å². The number of hydrogen-bond donors (Lipinski definition) is 1. The average molecular weight is 374 g/mol. The molecule has 2 atom stereocenters. The maximum atomic E-state index is 12.8. The third-order valence-corrected chi connectivity index (χ3v) is 5.57. The number of rotatable bonds is 6. The van der Waals surface area contributed by atoms with Crippen LogP contribution in [-0.2, 0) is 33.7 Å². The molecule has 0 fully saturated rings. The number of hydrogen-bond acceptors (Lipinski definition) is 5. The molecule has 7 heteroatoms. The van der Waals surface area contributed by atoms with E-state index in [0.717, 1.165) is 16.1 Å². The van der Waals surface area contributed by atoms with E-state index in [1.54, 1.807) is 0 Å². The maximum absolute atomic E-state index is 12.8. The number of nitrogens with zero attached hydrogens (tertiary/aromatic N) is 2. The van der Waals surface area contributed by atoms with E-state index in [1.807, 2.05) is 43.5 Å². The highest BCUT2D eigenvalue weighted by Gasteiger charge is 2.34. The van der Waals surface area contributed by atoms with E-state index in [4.69, 9.17) is 4.74 Å². The summed E-state index contributed by atoms with van der Waals surface area (Å²) in [7, 11) is 0. The molecule has 1 aromatic heterocycles. The molecule has 138 valence electrons. The number of benzene rings is 1. The molecule has 2 aromatic rings. The van der Waals surface area contributed by atoms with Gasteiger partial charge >= 0.3 is 5.97 Å². The summed E-state index contributed by atoms with van der Waals surface area (Å²) in [5, 5.41) is 12.2. The first-order valence-corrected chi connectivity index (χ1v) is 9.52. The summed E-state index contributed by atoms with van der Waals surface area (Å²) in [4.78, 5) is 30.4. The molecule has 1 N–H and O–H groups in total. The van der Waals surface area contributed by atoms with Gasteiger partial charge in [0.2, 0.25) is 5.91 Å². The van der Waals surface area contributed by atoms with Gasteiger partial charge in [-0.1, -0.05) is 24.3 Å². The van der Waals surface area contributed by atoms with Crippen molar-refractivity contribution in [1.82, 2.24) is 9.88 Å². The first-order chi connectivity index (χ1) is 12.5. The lowest BCUT2D eigenvalue weighted by atomic mass is 9.93. The van der Waals surface area contributed by atoms with Crippen LogP contribution in [-0.4, -0.2) is 39.5 Å². The number of carbonyl (C=O) groups excluding carboxylic acids is 1. The van der Waals surface area contributed by atoms with E-state index in [1.165, 1.54) is 16.2 Å². The number of carbonyl (C=O) groups is 2. The Morgan fingerprint density at radius 1 is 1.38 bits per heavy atom. The van der Waals surface area contributed by atoms with Gasteiger partial charge in [-0.05, 0) is 25.0 Å². The quantitative estimate of drug-likeness (QED) is 0.841. The third kappa shape index (κ3) is 3.94. The number of thiazole rings is 1. The largest absolute Gasteiger partial charge is 0.480 e. The molecule has 0 bridgehead atoms. The zero-order valence-corrected chi connectivity index (χ0v) is 15.7. The zero-order valence-electron chi connectivity index (χ0n) is 14.8. The normalized spacial score (nSPS) is 17.6. The number of carboxylic acid groups (broad SMARTS) is 1. The van der Waals surface area contributed by atoms with Gasteiger partial charge < -0.3 is 14.7 Å². The van der Waals surface area contributed by atoms with Crippen molar-refractivity contribution >= 4 is 23.2 Å². The summed E-state index contributed by atoms with van der Waals surface area (Å²) in [5.74, 6) is -1.19. The molecule has 1 aliphatic rings. The van der Waals surface area contributed by atoms with E-state index in [0.29, 0.717) is 25.3 Å². The zero-order chi connectivity index (χ0) is 18.7. The molecule has 0 spiro atoms. The van der Waals surface area contributed by atoms with Crippen LogP contribution in [0.4, 0.5) is 0 Å². The highest BCUT2D eigenvalue weighted by molar-refractivity contribution is 7.09. The predicted octanol–water partition coefficient (Wildman–Crippen LogP) is 2.82. The van der Waals surface area contributed by atoms with Crippen molar-refractivity contribution in [2.24, 2.45) is 0 Å². The minimum Gasteiger partial charge on any atom is -0.480 e. The standard InChI is InChI=1S/C19H22N2O4S/c1-3-25-12(2)18-20-15(11-26-18)9-17(22)21-10-14-7-5-4-6-13(14)8-16(21)19(23)24/h4-7,11-12,16H,3,8-10H2,1-2H3,(H,23,24)/t12-,16-/m1/s1. The van der Waals surface area contributed by atoms with E-state index < -0.39 is 12.0 Å². The monoisotopic (exact) mass is 374 g/mol. The van der Waals surface area contributed by atoms with Gasteiger partial charge in [-0.15, -0.1) is 11.3 Å². The molecular weight excluding hydrogens is 352 g/mol. The van der Waals surface area contributed by atoms with Gasteiger partial charge in [0, 0.05) is 25.0 Å². The second-order valence-corrected chi connectivity index (χ2v) is 7.19. The van der Waals surface area contributed by atoms with Gasteiger partial charge in [0.25, 0.3) is 0 Å². The Bertz CT molecular complexity index is 804. The van der Waals surface area contributed by atoms with Crippen molar-refractivity contribution < 1.29 is 19.4 Å². The number of ether oxygens (including phenoxy) is 1. The van der Waals surface area contributed by atoms with Crippen LogP contribution in [0.1, 0.15) is 41.8 Å². The lowest BCUT2D eigenvalue weighted by Crippen LogP contribution is -2.49. The molecule has 6 nitrogen and oxygen atoms in total. The van der Waals surface area contributed by atoms with E-state index in [-0.39, 0.29) is 18.4 Å².